The molecule has 3 aromatic rings. The van der Waals surface area contributed by atoms with Crippen LogP contribution in [0.5, 0.6) is 0 Å². The molecule has 1 amide bonds. The van der Waals surface area contributed by atoms with Crippen molar-refractivity contribution in [3.63, 3.8) is 0 Å². The van der Waals surface area contributed by atoms with E-state index in [9.17, 15) is 13.2 Å². The minimum Gasteiger partial charge on any atom is -0.343 e. The summed E-state index contributed by atoms with van der Waals surface area (Å²) in [6, 6.07) is 15.0. The van der Waals surface area contributed by atoms with Crippen molar-refractivity contribution in [1.29, 1.82) is 0 Å². The molecule has 8 heteroatoms. The summed E-state index contributed by atoms with van der Waals surface area (Å²) in [5.41, 5.74) is 2.20. The highest BCUT2D eigenvalue weighted by Crippen LogP contribution is 2.27. The van der Waals surface area contributed by atoms with Gasteiger partial charge in [-0.15, -0.1) is 22.7 Å². The van der Waals surface area contributed by atoms with Gasteiger partial charge in [0, 0.05) is 11.9 Å². The monoisotopic (exact) mass is 448 g/mol. The standard InChI is InChI=1S/C21H24N2O3S3/c1-15(2)16-8-10-17(11-9-16)21(18-6-4-12-27-18)22-19(24)14-23(3)29(25,26)20-7-5-13-28-20/h4-13,15,21H,14H2,1-3H3,(H,22,24)/t21-/m1/s1. The van der Waals surface area contributed by atoms with E-state index in [1.165, 1.54) is 12.6 Å². The predicted molar refractivity (Wildman–Crippen MR) is 119 cm³/mol. The van der Waals surface area contributed by atoms with Gasteiger partial charge in [-0.3, -0.25) is 4.79 Å². The minimum absolute atomic E-state index is 0.229. The summed E-state index contributed by atoms with van der Waals surface area (Å²) in [5, 5.41) is 6.67. The van der Waals surface area contributed by atoms with Crippen molar-refractivity contribution in [2.24, 2.45) is 0 Å². The fourth-order valence-electron chi connectivity index (χ4n) is 2.91. The number of nitrogens with one attached hydrogen (secondary N) is 1. The number of benzene rings is 1. The number of rotatable bonds is 8. The first-order valence-electron chi connectivity index (χ1n) is 9.21. The number of hydrogen-bond donors (Lipinski definition) is 1. The lowest BCUT2D eigenvalue weighted by atomic mass is 9.98. The van der Waals surface area contributed by atoms with Gasteiger partial charge >= 0.3 is 0 Å². The van der Waals surface area contributed by atoms with Crippen LogP contribution in [0, 0.1) is 0 Å². The van der Waals surface area contributed by atoms with Crippen molar-refractivity contribution < 1.29 is 13.2 Å². The number of sulfonamides is 1. The summed E-state index contributed by atoms with van der Waals surface area (Å²) in [6.07, 6.45) is 0. The maximum Gasteiger partial charge on any atom is 0.252 e. The topological polar surface area (TPSA) is 66.5 Å². The van der Waals surface area contributed by atoms with Crippen molar-refractivity contribution in [3.8, 4) is 0 Å². The first kappa shape index (κ1) is 21.7. The second kappa shape index (κ2) is 9.21. The van der Waals surface area contributed by atoms with Crippen LogP contribution < -0.4 is 5.32 Å². The third kappa shape index (κ3) is 5.14. The molecule has 0 bridgehead atoms. The normalized spacial score (nSPS) is 13.0. The highest BCUT2D eigenvalue weighted by Gasteiger charge is 2.25. The number of thiophene rings is 2. The first-order valence-corrected chi connectivity index (χ1v) is 12.4. The van der Waals surface area contributed by atoms with Crippen LogP contribution in [0.2, 0.25) is 0 Å². The predicted octanol–water partition coefficient (Wildman–Crippen LogP) is 4.46. The van der Waals surface area contributed by atoms with Crippen LogP contribution >= 0.6 is 22.7 Å². The van der Waals surface area contributed by atoms with Crippen LogP contribution in [0.25, 0.3) is 0 Å². The second-order valence-corrected chi connectivity index (χ2v) is 11.2. The molecule has 1 N–H and O–H groups in total. The zero-order valence-corrected chi connectivity index (χ0v) is 19.0. The molecule has 0 aliphatic carbocycles. The van der Waals surface area contributed by atoms with Gasteiger partial charge < -0.3 is 5.32 Å². The highest BCUT2D eigenvalue weighted by atomic mass is 32.2. The van der Waals surface area contributed by atoms with Crippen LogP contribution in [-0.2, 0) is 14.8 Å². The molecule has 3 rings (SSSR count). The third-order valence-corrected chi connectivity index (χ3v) is 8.71. The van der Waals surface area contributed by atoms with E-state index in [0.29, 0.717) is 5.92 Å². The SMILES string of the molecule is CC(C)c1ccc([C@@H](NC(=O)CN(C)S(=O)(=O)c2cccs2)c2cccs2)cc1. The number of carbonyl (C=O) groups excluding carboxylic acids is 1. The second-order valence-electron chi connectivity index (χ2n) is 7.03. The average molecular weight is 449 g/mol. The van der Waals surface area contributed by atoms with Crippen LogP contribution in [0.3, 0.4) is 0 Å². The molecule has 0 spiro atoms. The van der Waals surface area contributed by atoms with Crippen LogP contribution in [0.15, 0.2) is 63.5 Å². The van der Waals surface area contributed by atoms with E-state index < -0.39 is 10.0 Å². The molecule has 2 aromatic heterocycles. The molecule has 0 fully saturated rings. The Morgan fingerprint density at radius 2 is 1.62 bits per heavy atom. The van der Waals surface area contributed by atoms with Crippen LogP contribution in [-0.4, -0.2) is 32.2 Å². The summed E-state index contributed by atoms with van der Waals surface area (Å²) < 4.78 is 26.5. The van der Waals surface area contributed by atoms with E-state index in [0.717, 1.165) is 26.1 Å². The third-order valence-electron chi connectivity index (χ3n) is 4.60. The fraction of sp³-hybridized carbons (Fsp3) is 0.286. The molecule has 5 nitrogen and oxygen atoms in total. The van der Waals surface area contributed by atoms with E-state index in [2.05, 4.69) is 31.3 Å². The number of amides is 1. The Hall–Kier alpha value is -2.00. The Labute approximate surface area is 180 Å². The molecule has 0 radical (unpaired) electrons. The average Bonchev–Trinajstić information content (AvgIpc) is 3.40. The lowest BCUT2D eigenvalue weighted by Crippen LogP contribution is -2.39. The lowest BCUT2D eigenvalue weighted by molar-refractivity contribution is -0.121. The van der Waals surface area contributed by atoms with E-state index in [-0.39, 0.29) is 22.7 Å². The number of carbonyl (C=O) groups is 1. The van der Waals surface area contributed by atoms with E-state index in [1.807, 2.05) is 29.6 Å². The molecule has 0 saturated carbocycles. The summed E-state index contributed by atoms with van der Waals surface area (Å²) in [7, 11) is -2.24. The smallest absolute Gasteiger partial charge is 0.252 e. The van der Waals surface area contributed by atoms with Gasteiger partial charge in [0.2, 0.25) is 5.91 Å². The van der Waals surface area contributed by atoms with Crippen molar-refractivity contribution in [3.05, 3.63) is 75.3 Å². The Morgan fingerprint density at radius 3 is 2.17 bits per heavy atom. The Morgan fingerprint density at radius 1 is 1.00 bits per heavy atom. The molecule has 154 valence electrons. The fourth-order valence-corrected chi connectivity index (χ4v) is 6.04. The number of hydrogen-bond acceptors (Lipinski definition) is 5. The van der Waals surface area contributed by atoms with Crippen molar-refractivity contribution in [2.45, 2.75) is 30.0 Å². The van der Waals surface area contributed by atoms with Gasteiger partial charge in [0.25, 0.3) is 10.0 Å². The Kier molecular flexibility index (Phi) is 6.89. The minimum atomic E-state index is -3.67. The van der Waals surface area contributed by atoms with Gasteiger partial charge in [0.05, 0.1) is 12.6 Å². The first-order chi connectivity index (χ1) is 13.8. The number of nitrogens with zero attached hydrogens (tertiary/aromatic N) is 1. The molecule has 0 aliphatic heterocycles. The molecule has 29 heavy (non-hydrogen) atoms. The maximum absolute atomic E-state index is 12.7. The van der Waals surface area contributed by atoms with Crippen molar-refractivity contribution >= 4 is 38.6 Å². The maximum atomic E-state index is 12.7. The van der Waals surface area contributed by atoms with Gasteiger partial charge in [-0.2, -0.15) is 4.31 Å². The molecule has 0 unspecified atom stereocenters. The van der Waals surface area contributed by atoms with Crippen LogP contribution in [0.1, 0.15) is 41.8 Å². The zero-order valence-electron chi connectivity index (χ0n) is 16.5. The van der Waals surface area contributed by atoms with E-state index in [1.54, 1.807) is 28.8 Å². The van der Waals surface area contributed by atoms with E-state index >= 15 is 0 Å². The molecular formula is C21H24N2O3S3. The molecule has 0 aliphatic rings. The summed E-state index contributed by atoms with van der Waals surface area (Å²) in [6.45, 7) is 4.03. The van der Waals surface area contributed by atoms with Crippen molar-refractivity contribution in [2.75, 3.05) is 13.6 Å². The van der Waals surface area contributed by atoms with Gasteiger partial charge in [-0.25, -0.2) is 8.42 Å². The molecule has 2 heterocycles. The molecule has 1 aromatic carbocycles. The van der Waals surface area contributed by atoms with Gasteiger partial charge in [0.15, 0.2) is 0 Å². The highest BCUT2D eigenvalue weighted by molar-refractivity contribution is 7.91. The molecule has 1 atom stereocenters. The number of likely N-dealkylation sites (N-methyl/N-ethyl adjacent to an activating group) is 1. The summed E-state index contributed by atoms with van der Waals surface area (Å²) >= 11 is 2.69. The Balaban J connectivity index is 1.77. The van der Waals surface area contributed by atoms with E-state index in [4.69, 9.17) is 0 Å². The van der Waals surface area contributed by atoms with Gasteiger partial charge in [-0.1, -0.05) is 50.2 Å². The molecular weight excluding hydrogens is 424 g/mol. The summed E-state index contributed by atoms with van der Waals surface area (Å²) in [4.78, 5) is 13.7. The van der Waals surface area contributed by atoms with Gasteiger partial charge in [-0.05, 0) is 39.9 Å². The van der Waals surface area contributed by atoms with Crippen molar-refractivity contribution in [1.82, 2.24) is 9.62 Å². The largest absolute Gasteiger partial charge is 0.343 e. The summed E-state index contributed by atoms with van der Waals surface area (Å²) in [5.74, 6) is 0.0777. The molecule has 0 saturated heterocycles. The van der Waals surface area contributed by atoms with Gasteiger partial charge in [0.1, 0.15) is 4.21 Å². The quantitative estimate of drug-likeness (QED) is 0.553. The zero-order chi connectivity index (χ0) is 21.0. The van der Waals surface area contributed by atoms with Crippen LogP contribution in [0.4, 0.5) is 0 Å². The lowest BCUT2D eigenvalue weighted by Gasteiger charge is -2.21. The Bertz CT molecular complexity index is 1030.